The summed E-state index contributed by atoms with van der Waals surface area (Å²) in [5, 5.41) is 9.28. The summed E-state index contributed by atoms with van der Waals surface area (Å²) in [5.41, 5.74) is 5.46. The number of H-pyrrole nitrogens is 1. The van der Waals surface area contributed by atoms with Gasteiger partial charge in [-0.05, 0) is 47.5 Å². The minimum atomic E-state index is -4.77. The van der Waals surface area contributed by atoms with Crippen LogP contribution in [0.1, 0.15) is 25.9 Å². The molecular formula is C26H16F5N5O3S. The number of ether oxygens (including phenoxy) is 1. The fourth-order valence-electron chi connectivity index (χ4n) is 3.96. The Morgan fingerprint density at radius 2 is 1.70 bits per heavy atom. The summed E-state index contributed by atoms with van der Waals surface area (Å²) in [6.07, 6.45) is -4.77. The van der Waals surface area contributed by atoms with Crippen LogP contribution in [0.5, 0.6) is 5.75 Å². The third-order valence-electron chi connectivity index (χ3n) is 5.70. The first-order valence-electron chi connectivity index (χ1n) is 11.3. The lowest BCUT2D eigenvalue weighted by atomic mass is 10.0. The predicted octanol–water partition coefficient (Wildman–Crippen LogP) is 6.32. The van der Waals surface area contributed by atoms with Crippen LogP contribution in [0, 0.1) is 0 Å². The number of pyridine rings is 1. The van der Waals surface area contributed by atoms with Crippen molar-refractivity contribution in [2.24, 2.45) is 5.73 Å². The molecule has 14 heteroatoms. The minimum Gasteiger partial charge on any atom is -0.435 e. The van der Waals surface area contributed by atoms with Crippen LogP contribution in [0.15, 0.2) is 66.7 Å². The minimum absolute atomic E-state index is 0.0567. The van der Waals surface area contributed by atoms with Crippen LogP contribution in [0.25, 0.3) is 32.6 Å². The van der Waals surface area contributed by atoms with E-state index in [0.29, 0.717) is 28.2 Å². The van der Waals surface area contributed by atoms with E-state index in [2.05, 4.69) is 25.2 Å². The van der Waals surface area contributed by atoms with Gasteiger partial charge < -0.3 is 15.8 Å². The zero-order chi connectivity index (χ0) is 28.6. The van der Waals surface area contributed by atoms with E-state index in [0.717, 1.165) is 6.07 Å². The van der Waals surface area contributed by atoms with Gasteiger partial charge in [-0.1, -0.05) is 30.3 Å². The number of rotatable bonds is 7. The highest BCUT2D eigenvalue weighted by atomic mass is 32.1. The molecule has 5 rings (SSSR count). The molecule has 2 amide bonds. The van der Waals surface area contributed by atoms with E-state index >= 15 is 0 Å². The van der Waals surface area contributed by atoms with Gasteiger partial charge in [0, 0.05) is 10.9 Å². The second-order valence-electron chi connectivity index (χ2n) is 8.29. The van der Waals surface area contributed by atoms with Gasteiger partial charge >= 0.3 is 12.8 Å². The summed E-state index contributed by atoms with van der Waals surface area (Å²) in [6, 6.07) is 15.9. The molecule has 3 heterocycles. The number of anilines is 1. The SMILES string of the molecule is NC(=O)c1sc2nc(C(F)(F)F)cc(-c3ccccc3)c2c1NC(=O)c1cc(-c2ccc(OC(F)F)cc2)n[nH]1. The van der Waals surface area contributed by atoms with Gasteiger partial charge in [0.15, 0.2) is 0 Å². The first kappa shape index (κ1) is 26.7. The van der Waals surface area contributed by atoms with Gasteiger partial charge in [0.2, 0.25) is 0 Å². The number of fused-ring (bicyclic) bond motifs is 1. The lowest BCUT2D eigenvalue weighted by Gasteiger charge is -2.12. The van der Waals surface area contributed by atoms with Gasteiger partial charge in [-0.25, -0.2) is 4.98 Å². The first-order valence-corrected chi connectivity index (χ1v) is 12.1. The topological polar surface area (TPSA) is 123 Å². The Balaban J connectivity index is 1.55. The molecule has 0 spiro atoms. The highest BCUT2D eigenvalue weighted by Gasteiger charge is 2.35. The number of carbonyl (C=O) groups excluding carboxylic acids is 2. The number of primary amides is 1. The molecule has 2 aromatic carbocycles. The Bertz CT molecular complexity index is 1720. The molecule has 0 bridgehead atoms. The molecule has 0 fully saturated rings. The van der Waals surface area contributed by atoms with Gasteiger partial charge in [0.25, 0.3) is 11.8 Å². The van der Waals surface area contributed by atoms with Crippen LogP contribution in [0.3, 0.4) is 0 Å². The molecule has 0 atom stereocenters. The van der Waals surface area contributed by atoms with E-state index in [1.165, 1.54) is 30.3 Å². The highest BCUT2D eigenvalue weighted by molar-refractivity contribution is 7.21. The Kier molecular flexibility index (Phi) is 6.94. The summed E-state index contributed by atoms with van der Waals surface area (Å²) >= 11 is 0.624. The van der Waals surface area contributed by atoms with Gasteiger partial charge in [-0.2, -0.15) is 27.1 Å². The van der Waals surface area contributed by atoms with Gasteiger partial charge in [0.05, 0.1) is 11.4 Å². The van der Waals surface area contributed by atoms with E-state index < -0.39 is 30.3 Å². The van der Waals surface area contributed by atoms with Crippen molar-refractivity contribution < 1.29 is 36.3 Å². The van der Waals surface area contributed by atoms with Crippen molar-refractivity contribution in [2.45, 2.75) is 12.8 Å². The predicted molar refractivity (Wildman–Crippen MR) is 137 cm³/mol. The van der Waals surface area contributed by atoms with Crippen LogP contribution >= 0.6 is 11.3 Å². The summed E-state index contributed by atoms with van der Waals surface area (Å²) < 4.78 is 70.1. The highest BCUT2D eigenvalue weighted by Crippen LogP contribution is 2.43. The molecule has 0 aliphatic rings. The monoisotopic (exact) mass is 573 g/mol. The number of nitrogens with one attached hydrogen (secondary N) is 2. The molecule has 40 heavy (non-hydrogen) atoms. The number of hydrogen-bond acceptors (Lipinski definition) is 6. The molecule has 204 valence electrons. The molecule has 0 aliphatic carbocycles. The Labute approximate surface area is 225 Å². The number of amides is 2. The number of halogens is 5. The van der Waals surface area contributed by atoms with Gasteiger partial charge in [-0.3, -0.25) is 14.7 Å². The van der Waals surface area contributed by atoms with Crippen LogP contribution in [0.4, 0.5) is 27.6 Å². The third kappa shape index (κ3) is 5.33. The average molecular weight is 574 g/mol. The number of hydrogen-bond donors (Lipinski definition) is 3. The molecule has 0 aliphatic heterocycles. The quantitative estimate of drug-likeness (QED) is 0.197. The zero-order valence-corrected chi connectivity index (χ0v) is 20.7. The smallest absolute Gasteiger partial charge is 0.433 e. The molecule has 0 saturated carbocycles. The number of nitrogens with zero attached hydrogens (tertiary/aromatic N) is 2. The number of nitrogens with two attached hydrogens (primary N) is 1. The van der Waals surface area contributed by atoms with Crippen molar-refractivity contribution in [3.63, 3.8) is 0 Å². The van der Waals surface area contributed by atoms with Crippen LogP contribution in [-0.2, 0) is 6.18 Å². The summed E-state index contributed by atoms with van der Waals surface area (Å²) in [5.74, 6) is -1.80. The molecule has 0 saturated heterocycles. The number of aromatic nitrogens is 3. The van der Waals surface area contributed by atoms with E-state index in [1.807, 2.05) is 0 Å². The zero-order valence-electron chi connectivity index (χ0n) is 19.9. The molecule has 0 unspecified atom stereocenters. The second kappa shape index (κ2) is 10.4. The number of carbonyl (C=O) groups is 2. The maximum Gasteiger partial charge on any atom is 0.433 e. The van der Waals surface area contributed by atoms with Crippen LogP contribution < -0.4 is 15.8 Å². The molecule has 8 nitrogen and oxygen atoms in total. The fraction of sp³-hybridized carbons (Fsp3) is 0.0769. The van der Waals surface area contributed by atoms with E-state index in [4.69, 9.17) is 5.73 Å². The standard InChI is InChI=1S/C26H16F5N5O3S/c27-25(28)39-14-8-6-13(7-9-14)16-11-17(36-35-16)23(38)34-20-19-15(12-4-2-1-3-5-12)10-18(26(29,30)31)33-24(19)40-21(20)22(32)37/h1-11,25H,(H2,32,37)(H,34,38)(H,35,36). The molecule has 5 aromatic rings. The summed E-state index contributed by atoms with van der Waals surface area (Å²) in [4.78, 5) is 28.8. The van der Waals surface area contributed by atoms with Crippen molar-refractivity contribution in [3.05, 3.63) is 83.0 Å². The van der Waals surface area contributed by atoms with Crippen molar-refractivity contribution >= 4 is 39.1 Å². The van der Waals surface area contributed by atoms with Crippen molar-refractivity contribution in [1.82, 2.24) is 15.2 Å². The van der Waals surface area contributed by atoms with Crippen molar-refractivity contribution in [1.29, 1.82) is 0 Å². The number of thiophene rings is 1. The molecule has 0 radical (unpaired) electrons. The molecule has 4 N–H and O–H groups in total. The van der Waals surface area contributed by atoms with E-state index in [-0.39, 0.29) is 37.8 Å². The molecular weight excluding hydrogens is 557 g/mol. The fourth-order valence-corrected chi connectivity index (χ4v) is 4.96. The average Bonchev–Trinajstić information content (AvgIpc) is 3.54. The van der Waals surface area contributed by atoms with E-state index in [9.17, 15) is 31.5 Å². The third-order valence-corrected chi connectivity index (χ3v) is 6.80. The summed E-state index contributed by atoms with van der Waals surface area (Å²) in [7, 11) is 0. The van der Waals surface area contributed by atoms with E-state index in [1.54, 1.807) is 30.3 Å². The van der Waals surface area contributed by atoms with Crippen molar-refractivity contribution in [2.75, 3.05) is 5.32 Å². The maximum absolute atomic E-state index is 13.7. The molecule has 3 aromatic heterocycles. The second-order valence-corrected chi connectivity index (χ2v) is 9.29. The van der Waals surface area contributed by atoms with Crippen molar-refractivity contribution in [3.8, 4) is 28.1 Å². The Hall–Kier alpha value is -4.85. The first-order chi connectivity index (χ1) is 19.0. The normalized spacial score (nSPS) is 11.7. The Morgan fingerprint density at radius 1 is 1.00 bits per heavy atom. The van der Waals surface area contributed by atoms with Gasteiger partial charge in [0.1, 0.15) is 26.8 Å². The van der Waals surface area contributed by atoms with Crippen LogP contribution in [-0.4, -0.2) is 33.6 Å². The number of aromatic amines is 1. The van der Waals surface area contributed by atoms with Gasteiger partial charge in [-0.15, -0.1) is 11.3 Å². The van der Waals surface area contributed by atoms with Crippen LogP contribution in [0.2, 0.25) is 0 Å². The Morgan fingerprint density at radius 3 is 2.33 bits per heavy atom. The largest absolute Gasteiger partial charge is 0.435 e. The number of alkyl halides is 5. The lowest BCUT2D eigenvalue weighted by molar-refractivity contribution is -0.140. The lowest BCUT2D eigenvalue weighted by Crippen LogP contribution is -2.17. The number of benzene rings is 2. The maximum atomic E-state index is 13.7. The summed E-state index contributed by atoms with van der Waals surface area (Å²) in [6.45, 7) is -2.98.